The smallest absolute Gasteiger partial charge is 0.0706 e. The molecule has 1 unspecified atom stereocenters. The summed E-state index contributed by atoms with van der Waals surface area (Å²) in [5.41, 5.74) is 0.904. The molecule has 0 saturated heterocycles. The fraction of sp³-hybridized carbons (Fsp3) is 0.833. The summed E-state index contributed by atoms with van der Waals surface area (Å²) in [6.45, 7) is 0. The maximum atomic E-state index is 8.42. The molecule has 1 saturated carbocycles. The van der Waals surface area contributed by atoms with Gasteiger partial charge in [-0.05, 0) is 19.3 Å². The highest BCUT2D eigenvalue weighted by Gasteiger charge is 2.16. The Hall–Kier alpha value is -0.0500. The fourth-order valence-corrected chi connectivity index (χ4v) is 1.71. The van der Waals surface area contributed by atoms with Crippen molar-refractivity contribution in [1.82, 2.24) is 0 Å². The molecule has 3 heteroatoms. The number of nitrogens with zero attached hydrogens (tertiary/aromatic N) is 1. The Morgan fingerprint density at radius 3 is 2.78 bits per heavy atom. The van der Waals surface area contributed by atoms with Crippen LogP contribution in [0.2, 0.25) is 0 Å². The van der Waals surface area contributed by atoms with Crippen LogP contribution in [0.3, 0.4) is 0 Å². The first kappa shape index (κ1) is 7.06. The lowest BCUT2D eigenvalue weighted by Gasteiger charge is -2.16. The van der Waals surface area contributed by atoms with E-state index in [2.05, 4.69) is 21.1 Å². The second kappa shape index (κ2) is 3.20. The SMILES string of the molecule is O/N=C1\CCCCC1Br. The van der Waals surface area contributed by atoms with Crippen LogP contribution in [0.15, 0.2) is 5.16 Å². The lowest BCUT2D eigenvalue weighted by molar-refractivity contribution is 0.315. The largest absolute Gasteiger partial charge is 0.411 e. The van der Waals surface area contributed by atoms with Crippen LogP contribution < -0.4 is 0 Å². The monoisotopic (exact) mass is 191 g/mol. The molecule has 0 amide bonds. The Labute approximate surface area is 63.1 Å². The van der Waals surface area contributed by atoms with Gasteiger partial charge >= 0.3 is 0 Å². The molecule has 1 atom stereocenters. The molecular formula is C6H10BrNO. The maximum Gasteiger partial charge on any atom is 0.0706 e. The summed E-state index contributed by atoms with van der Waals surface area (Å²) in [4.78, 5) is 0.330. The van der Waals surface area contributed by atoms with Gasteiger partial charge in [0.05, 0.1) is 10.5 Å². The summed E-state index contributed by atoms with van der Waals surface area (Å²) in [5.74, 6) is 0. The number of halogens is 1. The lowest BCUT2D eigenvalue weighted by atomic mass is 9.99. The summed E-state index contributed by atoms with van der Waals surface area (Å²) < 4.78 is 0. The van der Waals surface area contributed by atoms with Crippen LogP contribution >= 0.6 is 15.9 Å². The molecule has 1 rings (SSSR count). The van der Waals surface area contributed by atoms with Crippen molar-refractivity contribution in [3.05, 3.63) is 0 Å². The van der Waals surface area contributed by atoms with Crippen molar-refractivity contribution >= 4 is 21.6 Å². The molecule has 0 radical (unpaired) electrons. The Bertz CT molecular complexity index is 124. The Morgan fingerprint density at radius 2 is 2.33 bits per heavy atom. The molecule has 1 aliphatic carbocycles. The second-order valence-corrected chi connectivity index (χ2v) is 3.41. The summed E-state index contributed by atoms with van der Waals surface area (Å²) in [6, 6.07) is 0. The minimum atomic E-state index is 0.330. The number of rotatable bonds is 0. The molecule has 2 nitrogen and oxygen atoms in total. The average Bonchev–Trinajstić information content (AvgIpc) is 1.89. The average molecular weight is 192 g/mol. The van der Waals surface area contributed by atoms with Crippen molar-refractivity contribution in [2.75, 3.05) is 0 Å². The molecule has 0 aliphatic heterocycles. The minimum Gasteiger partial charge on any atom is -0.411 e. The van der Waals surface area contributed by atoms with E-state index >= 15 is 0 Å². The molecule has 0 bridgehead atoms. The van der Waals surface area contributed by atoms with E-state index in [1.54, 1.807) is 0 Å². The highest BCUT2D eigenvalue weighted by atomic mass is 79.9. The summed E-state index contributed by atoms with van der Waals surface area (Å²) in [6.07, 6.45) is 4.47. The third-order valence-corrected chi connectivity index (χ3v) is 2.62. The van der Waals surface area contributed by atoms with Crippen LogP contribution in [0.1, 0.15) is 25.7 Å². The van der Waals surface area contributed by atoms with E-state index in [0.29, 0.717) is 4.83 Å². The van der Waals surface area contributed by atoms with Gasteiger partial charge < -0.3 is 5.21 Å². The fourth-order valence-electron chi connectivity index (χ4n) is 1.07. The number of alkyl halides is 1. The van der Waals surface area contributed by atoms with E-state index in [4.69, 9.17) is 5.21 Å². The first-order valence-electron chi connectivity index (χ1n) is 3.19. The highest BCUT2D eigenvalue weighted by Crippen LogP contribution is 2.21. The third-order valence-electron chi connectivity index (χ3n) is 1.63. The van der Waals surface area contributed by atoms with E-state index in [1.807, 2.05) is 0 Å². The standard InChI is InChI=1S/C6H10BrNO/c7-5-3-1-2-4-6(5)8-9/h5,9H,1-4H2/b8-6+. The zero-order chi connectivity index (χ0) is 6.69. The molecule has 9 heavy (non-hydrogen) atoms. The number of hydrogen-bond acceptors (Lipinski definition) is 2. The first-order chi connectivity index (χ1) is 4.34. The van der Waals surface area contributed by atoms with E-state index in [1.165, 1.54) is 12.8 Å². The zero-order valence-corrected chi connectivity index (χ0v) is 6.76. The topological polar surface area (TPSA) is 32.6 Å². The molecule has 0 aromatic heterocycles. The van der Waals surface area contributed by atoms with Crippen molar-refractivity contribution in [3.8, 4) is 0 Å². The first-order valence-corrected chi connectivity index (χ1v) is 4.11. The van der Waals surface area contributed by atoms with Crippen molar-refractivity contribution in [3.63, 3.8) is 0 Å². The predicted octanol–water partition coefficient (Wildman–Crippen LogP) is 2.15. The van der Waals surface area contributed by atoms with Crippen LogP contribution in [-0.4, -0.2) is 15.7 Å². The van der Waals surface area contributed by atoms with Crippen molar-refractivity contribution in [1.29, 1.82) is 0 Å². The van der Waals surface area contributed by atoms with Crippen LogP contribution in [0, 0.1) is 0 Å². The van der Waals surface area contributed by atoms with Crippen LogP contribution in [0.25, 0.3) is 0 Å². The zero-order valence-electron chi connectivity index (χ0n) is 5.18. The summed E-state index contributed by atoms with van der Waals surface area (Å²) >= 11 is 3.42. The summed E-state index contributed by atoms with van der Waals surface area (Å²) in [7, 11) is 0. The Balaban J connectivity index is 2.49. The normalized spacial score (nSPS) is 33.0. The lowest BCUT2D eigenvalue weighted by Crippen LogP contribution is -2.18. The molecule has 0 aromatic carbocycles. The van der Waals surface area contributed by atoms with Gasteiger partial charge in [0.1, 0.15) is 0 Å². The van der Waals surface area contributed by atoms with Gasteiger partial charge in [0, 0.05) is 0 Å². The van der Waals surface area contributed by atoms with Crippen molar-refractivity contribution in [2.24, 2.45) is 5.16 Å². The van der Waals surface area contributed by atoms with Crippen LogP contribution in [0.5, 0.6) is 0 Å². The minimum absolute atomic E-state index is 0.330. The van der Waals surface area contributed by atoms with Gasteiger partial charge in [-0.25, -0.2) is 0 Å². The third kappa shape index (κ3) is 1.68. The van der Waals surface area contributed by atoms with E-state index < -0.39 is 0 Å². The molecule has 1 N–H and O–H groups in total. The molecule has 1 fully saturated rings. The van der Waals surface area contributed by atoms with Gasteiger partial charge in [-0.3, -0.25) is 0 Å². The van der Waals surface area contributed by atoms with Gasteiger partial charge in [0.25, 0.3) is 0 Å². The van der Waals surface area contributed by atoms with Gasteiger partial charge in [0.2, 0.25) is 0 Å². The predicted molar refractivity (Wildman–Crippen MR) is 40.4 cm³/mol. The molecule has 52 valence electrons. The highest BCUT2D eigenvalue weighted by molar-refractivity contribution is 9.10. The van der Waals surface area contributed by atoms with Crippen molar-refractivity contribution < 1.29 is 5.21 Å². The van der Waals surface area contributed by atoms with E-state index in [0.717, 1.165) is 18.6 Å². The molecule has 0 heterocycles. The van der Waals surface area contributed by atoms with Gasteiger partial charge in [-0.15, -0.1) is 0 Å². The van der Waals surface area contributed by atoms with E-state index in [-0.39, 0.29) is 0 Å². The Morgan fingerprint density at radius 1 is 1.56 bits per heavy atom. The Kier molecular flexibility index (Phi) is 2.51. The van der Waals surface area contributed by atoms with Gasteiger partial charge in [-0.2, -0.15) is 0 Å². The maximum absolute atomic E-state index is 8.42. The molecular weight excluding hydrogens is 182 g/mol. The second-order valence-electron chi connectivity index (χ2n) is 2.30. The molecule has 0 spiro atoms. The number of oxime groups is 1. The van der Waals surface area contributed by atoms with E-state index in [9.17, 15) is 0 Å². The molecule has 1 aliphatic rings. The van der Waals surface area contributed by atoms with Crippen LogP contribution in [-0.2, 0) is 0 Å². The van der Waals surface area contributed by atoms with Gasteiger partial charge in [-0.1, -0.05) is 27.5 Å². The quantitative estimate of drug-likeness (QED) is 0.356. The molecule has 0 aromatic rings. The van der Waals surface area contributed by atoms with Crippen LogP contribution in [0.4, 0.5) is 0 Å². The van der Waals surface area contributed by atoms with Crippen molar-refractivity contribution in [2.45, 2.75) is 30.5 Å². The van der Waals surface area contributed by atoms with Gasteiger partial charge in [0.15, 0.2) is 0 Å². The number of hydrogen-bond donors (Lipinski definition) is 1. The summed E-state index contributed by atoms with van der Waals surface area (Å²) in [5, 5.41) is 11.6.